The number of rotatable bonds is 4. The second-order valence-corrected chi connectivity index (χ2v) is 3.79. The van der Waals surface area contributed by atoms with Crippen LogP contribution in [0, 0.1) is 5.82 Å². The average molecular weight is 231 g/mol. The lowest BCUT2D eigenvalue weighted by Gasteiger charge is -2.09. The molecule has 88 valence electrons. The molecule has 0 atom stereocenters. The molecule has 2 aromatic carbocycles. The van der Waals surface area contributed by atoms with Crippen LogP contribution in [0.5, 0.6) is 0 Å². The molecular formula is C14H14FNO. The van der Waals surface area contributed by atoms with E-state index in [2.05, 4.69) is 5.32 Å². The van der Waals surface area contributed by atoms with E-state index < -0.39 is 0 Å². The van der Waals surface area contributed by atoms with E-state index in [9.17, 15) is 9.50 Å². The highest BCUT2D eigenvalue weighted by Crippen LogP contribution is 2.13. The molecule has 0 saturated carbocycles. The van der Waals surface area contributed by atoms with Crippen LogP contribution in [0.3, 0.4) is 0 Å². The number of benzene rings is 2. The standard InChI is InChI=1S/C14H14FNO/c15-13-5-7-14(8-6-13)16-9-11-3-1-2-4-12(11)10-17/h1-8,16-17H,9-10H2. The first-order valence-electron chi connectivity index (χ1n) is 5.46. The predicted octanol–water partition coefficient (Wildman–Crippen LogP) is 2.93. The normalized spacial score (nSPS) is 10.2. The molecule has 2 N–H and O–H groups in total. The molecule has 2 nitrogen and oxygen atoms in total. The molecule has 0 unspecified atom stereocenters. The third-order valence-corrected chi connectivity index (χ3v) is 2.62. The molecule has 3 heteroatoms. The maximum Gasteiger partial charge on any atom is 0.123 e. The summed E-state index contributed by atoms with van der Waals surface area (Å²) in [5.74, 6) is -0.244. The molecule has 0 aliphatic carbocycles. The number of hydrogen-bond donors (Lipinski definition) is 2. The predicted molar refractivity (Wildman–Crippen MR) is 66.1 cm³/mol. The molecule has 0 aliphatic heterocycles. The lowest BCUT2D eigenvalue weighted by Crippen LogP contribution is -2.02. The van der Waals surface area contributed by atoms with E-state index in [0.717, 1.165) is 16.8 Å². The van der Waals surface area contributed by atoms with Gasteiger partial charge in [-0.05, 0) is 35.4 Å². The van der Waals surface area contributed by atoms with Crippen LogP contribution in [-0.2, 0) is 13.2 Å². The zero-order chi connectivity index (χ0) is 12.1. The van der Waals surface area contributed by atoms with Crippen molar-refractivity contribution >= 4 is 5.69 Å². The summed E-state index contributed by atoms with van der Waals surface area (Å²) in [7, 11) is 0. The van der Waals surface area contributed by atoms with Crippen molar-refractivity contribution in [1.29, 1.82) is 0 Å². The first-order chi connectivity index (χ1) is 8.29. The number of hydrogen-bond acceptors (Lipinski definition) is 2. The molecular weight excluding hydrogens is 217 g/mol. The highest BCUT2D eigenvalue weighted by Gasteiger charge is 2.00. The summed E-state index contributed by atoms with van der Waals surface area (Å²) in [6.07, 6.45) is 0. The lowest BCUT2D eigenvalue weighted by atomic mass is 10.1. The fourth-order valence-electron chi connectivity index (χ4n) is 1.65. The van der Waals surface area contributed by atoms with Crippen LogP contribution in [0.15, 0.2) is 48.5 Å². The largest absolute Gasteiger partial charge is 0.392 e. The van der Waals surface area contributed by atoms with Crippen molar-refractivity contribution in [2.24, 2.45) is 0 Å². The topological polar surface area (TPSA) is 32.3 Å². The van der Waals surface area contributed by atoms with Gasteiger partial charge in [0.1, 0.15) is 5.82 Å². The summed E-state index contributed by atoms with van der Waals surface area (Å²) in [6.45, 7) is 0.642. The molecule has 0 fully saturated rings. The zero-order valence-corrected chi connectivity index (χ0v) is 9.36. The van der Waals surface area contributed by atoms with E-state index in [4.69, 9.17) is 0 Å². The van der Waals surface area contributed by atoms with Crippen molar-refractivity contribution in [3.63, 3.8) is 0 Å². The summed E-state index contributed by atoms with van der Waals surface area (Å²) >= 11 is 0. The van der Waals surface area contributed by atoms with E-state index in [1.807, 2.05) is 24.3 Å². The van der Waals surface area contributed by atoms with Gasteiger partial charge in [-0.15, -0.1) is 0 Å². The number of halogens is 1. The molecule has 17 heavy (non-hydrogen) atoms. The summed E-state index contributed by atoms with van der Waals surface area (Å²) in [6, 6.07) is 13.9. The fourth-order valence-corrected chi connectivity index (χ4v) is 1.65. The van der Waals surface area contributed by atoms with Crippen molar-refractivity contribution in [1.82, 2.24) is 0 Å². The van der Waals surface area contributed by atoms with Crippen molar-refractivity contribution in [2.45, 2.75) is 13.2 Å². The molecule has 2 aromatic rings. The van der Waals surface area contributed by atoms with Gasteiger partial charge < -0.3 is 10.4 Å². The van der Waals surface area contributed by atoms with E-state index in [0.29, 0.717) is 6.54 Å². The molecule has 0 bridgehead atoms. The Morgan fingerprint density at radius 1 is 0.941 bits per heavy atom. The minimum atomic E-state index is -0.244. The third-order valence-electron chi connectivity index (χ3n) is 2.62. The Morgan fingerprint density at radius 2 is 1.59 bits per heavy atom. The Balaban J connectivity index is 2.04. The fraction of sp³-hybridized carbons (Fsp3) is 0.143. The zero-order valence-electron chi connectivity index (χ0n) is 9.36. The van der Waals surface area contributed by atoms with Crippen molar-refractivity contribution in [3.05, 3.63) is 65.5 Å². The van der Waals surface area contributed by atoms with E-state index in [1.165, 1.54) is 12.1 Å². The van der Waals surface area contributed by atoms with Crippen LogP contribution >= 0.6 is 0 Å². The summed E-state index contributed by atoms with van der Waals surface area (Å²) in [5.41, 5.74) is 2.81. The second-order valence-electron chi connectivity index (χ2n) is 3.79. The van der Waals surface area contributed by atoms with Gasteiger partial charge in [0.15, 0.2) is 0 Å². The van der Waals surface area contributed by atoms with Crippen LogP contribution in [0.25, 0.3) is 0 Å². The van der Waals surface area contributed by atoms with Gasteiger partial charge in [0.2, 0.25) is 0 Å². The maximum atomic E-state index is 12.7. The van der Waals surface area contributed by atoms with Crippen LogP contribution in [0.4, 0.5) is 10.1 Å². The Labute approximate surface area is 99.7 Å². The van der Waals surface area contributed by atoms with Crippen molar-refractivity contribution in [3.8, 4) is 0 Å². The molecule has 0 aromatic heterocycles. The van der Waals surface area contributed by atoms with Gasteiger partial charge in [0.05, 0.1) is 6.61 Å². The van der Waals surface area contributed by atoms with Gasteiger partial charge in [-0.3, -0.25) is 0 Å². The molecule has 2 rings (SSSR count). The number of aliphatic hydroxyl groups excluding tert-OH is 1. The summed E-state index contributed by atoms with van der Waals surface area (Å²) in [4.78, 5) is 0. The van der Waals surface area contributed by atoms with Gasteiger partial charge in [-0.25, -0.2) is 4.39 Å². The summed E-state index contributed by atoms with van der Waals surface area (Å²) in [5, 5.41) is 12.4. The Bertz CT molecular complexity index is 482. The summed E-state index contributed by atoms with van der Waals surface area (Å²) < 4.78 is 12.7. The molecule has 0 amide bonds. The van der Waals surface area contributed by atoms with Crippen molar-refractivity contribution < 1.29 is 9.50 Å². The Morgan fingerprint density at radius 3 is 2.24 bits per heavy atom. The average Bonchev–Trinajstić information content (AvgIpc) is 2.38. The molecule has 0 radical (unpaired) electrons. The number of nitrogens with one attached hydrogen (secondary N) is 1. The first kappa shape index (κ1) is 11.6. The van der Waals surface area contributed by atoms with Crippen LogP contribution in [0.1, 0.15) is 11.1 Å². The number of anilines is 1. The van der Waals surface area contributed by atoms with Crippen LogP contribution in [-0.4, -0.2) is 5.11 Å². The van der Waals surface area contributed by atoms with Gasteiger partial charge in [0, 0.05) is 12.2 Å². The number of aliphatic hydroxyl groups is 1. The van der Waals surface area contributed by atoms with E-state index in [1.54, 1.807) is 12.1 Å². The van der Waals surface area contributed by atoms with Crippen LogP contribution in [0.2, 0.25) is 0 Å². The SMILES string of the molecule is OCc1ccccc1CNc1ccc(F)cc1. The molecule has 0 aliphatic rings. The second kappa shape index (κ2) is 5.46. The highest BCUT2D eigenvalue weighted by atomic mass is 19.1. The highest BCUT2D eigenvalue weighted by molar-refractivity contribution is 5.44. The molecule has 0 heterocycles. The van der Waals surface area contributed by atoms with E-state index >= 15 is 0 Å². The Hall–Kier alpha value is -1.87. The monoisotopic (exact) mass is 231 g/mol. The van der Waals surface area contributed by atoms with E-state index in [-0.39, 0.29) is 12.4 Å². The lowest BCUT2D eigenvalue weighted by molar-refractivity contribution is 0.280. The quantitative estimate of drug-likeness (QED) is 0.848. The van der Waals surface area contributed by atoms with Crippen LogP contribution < -0.4 is 5.32 Å². The minimum Gasteiger partial charge on any atom is -0.392 e. The van der Waals surface area contributed by atoms with Gasteiger partial charge in [0.25, 0.3) is 0 Å². The first-order valence-corrected chi connectivity index (χ1v) is 5.46. The van der Waals surface area contributed by atoms with Gasteiger partial charge in [-0.1, -0.05) is 24.3 Å². The van der Waals surface area contributed by atoms with Crippen molar-refractivity contribution in [2.75, 3.05) is 5.32 Å². The minimum absolute atomic E-state index is 0.0290. The smallest absolute Gasteiger partial charge is 0.123 e. The van der Waals surface area contributed by atoms with Gasteiger partial charge >= 0.3 is 0 Å². The third kappa shape index (κ3) is 3.04. The molecule has 0 spiro atoms. The van der Waals surface area contributed by atoms with Gasteiger partial charge in [-0.2, -0.15) is 0 Å². The Kier molecular flexibility index (Phi) is 3.73. The molecule has 0 saturated heterocycles. The maximum absolute atomic E-state index is 12.7.